The number of amides is 1. The molecular formula is C17H16Cl2N2O2S2. The van der Waals surface area contributed by atoms with E-state index in [1.165, 1.54) is 22.7 Å². The first-order valence-corrected chi connectivity index (χ1v) is 10.1. The normalized spacial score (nSPS) is 12.2. The Hall–Kier alpha value is -1.18. The zero-order valence-electron chi connectivity index (χ0n) is 13.5. The molecule has 2 heterocycles. The summed E-state index contributed by atoms with van der Waals surface area (Å²) in [5.74, 6) is -0.193. The van der Waals surface area contributed by atoms with Gasteiger partial charge < -0.3 is 9.30 Å². The van der Waals surface area contributed by atoms with E-state index in [2.05, 4.69) is 4.99 Å². The average Bonchev–Trinajstić information content (AvgIpc) is 3.11. The molecule has 0 spiro atoms. The Labute approximate surface area is 163 Å². The van der Waals surface area contributed by atoms with E-state index >= 15 is 0 Å². The number of halogens is 2. The van der Waals surface area contributed by atoms with Gasteiger partial charge in [0.2, 0.25) is 0 Å². The molecule has 8 heteroatoms. The molecule has 0 bridgehead atoms. The van der Waals surface area contributed by atoms with Gasteiger partial charge in [-0.05, 0) is 37.3 Å². The van der Waals surface area contributed by atoms with Crippen LogP contribution in [0.4, 0.5) is 0 Å². The lowest BCUT2D eigenvalue weighted by molar-refractivity contribution is -0.117. The van der Waals surface area contributed by atoms with E-state index in [4.69, 9.17) is 27.9 Å². The van der Waals surface area contributed by atoms with Crippen LogP contribution in [0.5, 0.6) is 0 Å². The summed E-state index contributed by atoms with van der Waals surface area (Å²) in [4.78, 5) is 18.2. The molecule has 0 aliphatic heterocycles. The molecule has 0 saturated carbocycles. The van der Waals surface area contributed by atoms with E-state index < -0.39 is 0 Å². The number of carbonyl (C=O) groups excluding carboxylic acids is 1. The molecule has 25 heavy (non-hydrogen) atoms. The minimum absolute atomic E-state index is 0.193. The topological polar surface area (TPSA) is 43.6 Å². The molecule has 0 unspecified atom stereocenters. The summed E-state index contributed by atoms with van der Waals surface area (Å²) in [7, 11) is 0. The number of nitrogens with zero attached hydrogens (tertiary/aromatic N) is 2. The fourth-order valence-corrected chi connectivity index (χ4v) is 4.82. The van der Waals surface area contributed by atoms with Gasteiger partial charge in [-0.2, -0.15) is 4.99 Å². The maximum Gasteiger partial charge on any atom is 0.253 e. The molecule has 0 aliphatic rings. The van der Waals surface area contributed by atoms with Gasteiger partial charge in [0.25, 0.3) is 5.91 Å². The quantitative estimate of drug-likeness (QED) is 0.544. The van der Waals surface area contributed by atoms with Crippen molar-refractivity contribution in [3.63, 3.8) is 0 Å². The minimum atomic E-state index is -0.193. The van der Waals surface area contributed by atoms with Gasteiger partial charge in [0.05, 0.1) is 27.6 Å². The van der Waals surface area contributed by atoms with Gasteiger partial charge in [-0.1, -0.05) is 34.5 Å². The predicted octanol–water partition coefficient (Wildman–Crippen LogP) is 4.78. The maximum absolute atomic E-state index is 12.3. The minimum Gasteiger partial charge on any atom is -0.380 e. The first-order valence-electron chi connectivity index (χ1n) is 7.75. The summed E-state index contributed by atoms with van der Waals surface area (Å²) in [5.41, 5.74) is 1.000. The molecule has 0 radical (unpaired) electrons. The van der Waals surface area contributed by atoms with Crippen LogP contribution in [0.3, 0.4) is 0 Å². The number of ether oxygens (including phenoxy) is 1. The molecule has 132 valence electrons. The van der Waals surface area contributed by atoms with Gasteiger partial charge in [0.1, 0.15) is 0 Å². The van der Waals surface area contributed by atoms with Crippen LogP contribution in [0, 0.1) is 0 Å². The van der Waals surface area contributed by atoms with Gasteiger partial charge in [-0.3, -0.25) is 4.79 Å². The molecule has 1 aromatic carbocycles. The van der Waals surface area contributed by atoms with Crippen LogP contribution in [-0.2, 0) is 22.5 Å². The number of hydrogen-bond donors (Lipinski definition) is 0. The van der Waals surface area contributed by atoms with E-state index in [0.29, 0.717) is 33.9 Å². The van der Waals surface area contributed by atoms with E-state index in [0.717, 1.165) is 15.1 Å². The van der Waals surface area contributed by atoms with Crippen LogP contribution in [0.1, 0.15) is 11.8 Å². The zero-order valence-corrected chi connectivity index (χ0v) is 16.6. The number of fused-ring (bicyclic) bond motifs is 1. The van der Waals surface area contributed by atoms with Gasteiger partial charge in [0.15, 0.2) is 4.80 Å². The van der Waals surface area contributed by atoms with E-state index in [1.54, 1.807) is 6.07 Å². The SMILES string of the molecule is CCOCCn1c(=NC(=O)Cc2ccc(Cl)s2)sc2cc(Cl)ccc21. The number of hydrogen-bond acceptors (Lipinski definition) is 4. The highest BCUT2D eigenvalue weighted by molar-refractivity contribution is 7.16. The lowest BCUT2D eigenvalue weighted by Crippen LogP contribution is -2.20. The number of thiophene rings is 1. The van der Waals surface area contributed by atoms with Crippen LogP contribution in [0.25, 0.3) is 10.2 Å². The summed E-state index contributed by atoms with van der Waals surface area (Å²) in [6, 6.07) is 9.32. The molecule has 0 aliphatic carbocycles. The van der Waals surface area contributed by atoms with Crippen molar-refractivity contribution in [2.24, 2.45) is 4.99 Å². The largest absolute Gasteiger partial charge is 0.380 e. The highest BCUT2D eigenvalue weighted by Gasteiger charge is 2.10. The van der Waals surface area contributed by atoms with Crippen molar-refractivity contribution < 1.29 is 9.53 Å². The first-order chi connectivity index (χ1) is 12.1. The highest BCUT2D eigenvalue weighted by atomic mass is 35.5. The Balaban J connectivity index is 1.94. The number of carbonyl (C=O) groups is 1. The fraction of sp³-hybridized carbons (Fsp3) is 0.294. The summed E-state index contributed by atoms with van der Waals surface area (Å²) < 4.78 is 9.13. The molecular weight excluding hydrogens is 399 g/mol. The summed E-state index contributed by atoms with van der Waals surface area (Å²) >= 11 is 14.9. The Morgan fingerprint density at radius 2 is 2.08 bits per heavy atom. The van der Waals surface area contributed by atoms with E-state index in [9.17, 15) is 4.79 Å². The Morgan fingerprint density at radius 3 is 2.80 bits per heavy atom. The second kappa shape index (κ2) is 8.47. The lowest BCUT2D eigenvalue weighted by atomic mass is 10.3. The van der Waals surface area contributed by atoms with Crippen molar-refractivity contribution in [2.45, 2.75) is 19.9 Å². The molecule has 0 fully saturated rings. The van der Waals surface area contributed by atoms with Crippen molar-refractivity contribution in [3.05, 3.63) is 49.4 Å². The Bertz CT molecular complexity index is 959. The summed E-state index contributed by atoms with van der Waals surface area (Å²) in [6.45, 7) is 3.80. The molecule has 3 aromatic rings. The fourth-order valence-electron chi connectivity index (χ4n) is 2.39. The number of benzene rings is 1. The van der Waals surface area contributed by atoms with E-state index in [-0.39, 0.29) is 12.3 Å². The molecule has 0 saturated heterocycles. The molecule has 0 N–H and O–H groups in total. The average molecular weight is 415 g/mol. The van der Waals surface area contributed by atoms with Gasteiger partial charge in [-0.25, -0.2) is 0 Å². The zero-order chi connectivity index (χ0) is 17.8. The van der Waals surface area contributed by atoms with Gasteiger partial charge >= 0.3 is 0 Å². The Kier molecular flexibility index (Phi) is 6.30. The smallest absolute Gasteiger partial charge is 0.253 e. The van der Waals surface area contributed by atoms with Crippen molar-refractivity contribution in [1.29, 1.82) is 0 Å². The van der Waals surface area contributed by atoms with E-state index in [1.807, 2.05) is 35.8 Å². The van der Waals surface area contributed by atoms with Crippen LogP contribution >= 0.6 is 45.9 Å². The number of thiazole rings is 1. The molecule has 3 rings (SSSR count). The van der Waals surface area contributed by atoms with Crippen molar-refractivity contribution in [3.8, 4) is 0 Å². The molecule has 0 atom stereocenters. The molecule has 1 amide bonds. The van der Waals surface area contributed by atoms with Crippen molar-refractivity contribution >= 4 is 62.0 Å². The van der Waals surface area contributed by atoms with Gasteiger partial charge in [-0.15, -0.1) is 11.3 Å². The number of aromatic nitrogens is 1. The predicted molar refractivity (Wildman–Crippen MR) is 105 cm³/mol. The van der Waals surface area contributed by atoms with Gasteiger partial charge in [0, 0.05) is 23.1 Å². The third-order valence-corrected chi connectivity index (χ3v) is 5.99. The Morgan fingerprint density at radius 1 is 1.24 bits per heavy atom. The molecule has 2 aromatic heterocycles. The van der Waals surface area contributed by atoms with Crippen molar-refractivity contribution in [1.82, 2.24) is 4.57 Å². The van der Waals surface area contributed by atoms with Crippen LogP contribution in [0.2, 0.25) is 9.36 Å². The number of rotatable bonds is 6. The summed E-state index contributed by atoms with van der Waals surface area (Å²) in [6.07, 6.45) is 0.248. The third kappa shape index (κ3) is 4.71. The standard InChI is InChI=1S/C17H16Cl2N2O2S2/c1-2-23-8-7-21-13-5-3-11(18)9-14(13)25-17(21)20-16(22)10-12-4-6-15(19)24-12/h3-6,9H,2,7-8,10H2,1H3. The lowest BCUT2D eigenvalue weighted by Gasteiger charge is -2.05. The van der Waals surface area contributed by atoms with Crippen LogP contribution in [-0.4, -0.2) is 23.7 Å². The monoisotopic (exact) mass is 414 g/mol. The third-order valence-electron chi connectivity index (χ3n) is 3.48. The second-order valence-corrected chi connectivity index (χ2v) is 8.48. The highest BCUT2D eigenvalue weighted by Crippen LogP contribution is 2.23. The maximum atomic E-state index is 12.3. The molecule has 4 nitrogen and oxygen atoms in total. The van der Waals surface area contributed by atoms with Crippen molar-refractivity contribution in [2.75, 3.05) is 13.2 Å². The van der Waals surface area contributed by atoms with Crippen LogP contribution in [0.15, 0.2) is 35.3 Å². The second-order valence-electron chi connectivity index (χ2n) is 5.23. The first kappa shape index (κ1) is 18.6. The summed E-state index contributed by atoms with van der Waals surface area (Å²) in [5, 5.41) is 0.664. The van der Waals surface area contributed by atoms with Crippen LogP contribution < -0.4 is 4.80 Å².